The van der Waals surface area contributed by atoms with Gasteiger partial charge in [-0.2, -0.15) is 0 Å². The number of amides is 1. The number of allylic oxidation sites excluding steroid dienone is 1. The Morgan fingerprint density at radius 2 is 1.85 bits per heavy atom. The number of fused-ring (bicyclic) bond motifs is 2. The predicted molar refractivity (Wildman–Crippen MR) is 227 cm³/mol. The van der Waals surface area contributed by atoms with Crippen molar-refractivity contribution in [1.29, 1.82) is 0 Å². The Bertz CT molecular complexity index is 1750. The number of hydrogen-bond acceptors (Lipinski definition) is 12. The maximum absolute atomic E-state index is 14.2. The van der Waals surface area contributed by atoms with E-state index in [1.807, 2.05) is 42.5 Å². The first-order valence-corrected chi connectivity index (χ1v) is 22.2. The summed E-state index contributed by atoms with van der Waals surface area (Å²) in [6.45, 7) is 9.41. The number of carbonyl (C=O) groups excluding carboxylic acids is 1. The number of carbonyl (C=O) groups is 1. The summed E-state index contributed by atoms with van der Waals surface area (Å²) in [6, 6.07) is 15.2. The van der Waals surface area contributed by atoms with E-state index in [4.69, 9.17) is 38.4 Å². The van der Waals surface area contributed by atoms with Crippen molar-refractivity contribution in [3.05, 3.63) is 84.0 Å². The van der Waals surface area contributed by atoms with E-state index in [-0.39, 0.29) is 57.2 Å². The standard InChI is InChI=1S/C47H65N3O10/c1-3-25-58-47-42(49(2)46(53)57-29-28-54-33-34-13-5-4-6-14-34)32-40(48-60-43-17-9-12-26-56-43)38-30-35(15-7-10-23-51)37(16-8-11-24-52)44(45(38)47)39-31-36(18-19-41(39)59-47)55-27-22-50-20-21-50/h3-6,13-14,18-19,30-31,35,37,42-45,51-52H,1,7-12,15-17,20-29,32-33H2,2H3. The molecule has 0 spiro atoms. The van der Waals surface area contributed by atoms with Crippen LogP contribution in [0, 0.1) is 17.8 Å². The van der Waals surface area contributed by atoms with E-state index in [0.717, 1.165) is 87.0 Å². The van der Waals surface area contributed by atoms with Gasteiger partial charge in [0.05, 0.1) is 38.1 Å². The molecular weight excluding hydrogens is 767 g/mol. The summed E-state index contributed by atoms with van der Waals surface area (Å²) in [5.41, 5.74) is 3.74. The third-order valence-electron chi connectivity index (χ3n) is 12.6. The summed E-state index contributed by atoms with van der Waals surface area (Å²) in [5.74, 6) is -0.279. The molecule has 328 valence electrons. The van der Waals surface area contributed by atoms with Gasteiger partial charge >= 0.3 is 6.09 Å². The zero-order valence-electron chi connectivity index (χ0n) is 35.3. The van der Waals surface area contributed by atoms with Crippen LogP contribution in [0.2, 0.25) is 0 Å². The van der Waals surface area contributed by atoms with Crippen LogP contribution in [0.5, 0.6) is 11.5 Å². The summed E-state index contributed by atoms with van der Waals surface area (Å²) in [5, 5.41) is 24.7. The lowest BCUT2D eigenvalue weighted by molar-refractivity contribution is -0.254. The Labute approximate surface area is 355 Å². The molecule has 13 heteroatoms. The van der Waals surface area contributed by atoms with E-state index in [1.54, 1.807) is 18.0 Å². The highest BCUT2D eigenvalue weighted by Crippen LogP contribution is 2.61. The van der Waals surface area contributed by atoms with E-state index >= 15 is 0 Å². The highest BCUT2D eigenvalue weighted by molar-refractivity contribution is 6.02. The molecular formula is C47H65N3O10. The van der Waals surface area contributed by atoms with E-state index in [2.05, 4.69) is 23.6 Å². The summed E-state index contributed by atoms with van der Waals surface area (Å²) in [4.78, 5) is 24.3. The number of hydrogen-bond donors (Lipinski definition) is 2. The number of aliphatic hydroxyl groups is 2. The highest BCUT2D eigenvalue weighted by Gasteiger charge is 2.65. The molecule has 13 nitrogen and oxygen atoms in total. The number of benzene rings is 2. The molecule has 7 unspecified atom stereocenters. The lowest BCUT2D eigenvalue weighted by Gasteiger charge is -2.59. The van der Waals surface area contributed by atoms with Crippen LogP contribution in [0.15, 0.2) is 78.0 Å². The topological polar surface area (TPSA) is 141 Å². The third kappa shape index (κ3) is 10.7. The van der Waals surface area contributed by atoms with E-state index < -0.39 is 30.1 Å². The van der Waals surface area contributed by atoms with Gasteiger partial charge in [-0.25, -0.2) is 4.79 Å². The van der Waals surface area contributed by atoms with Crippen LogP contribution in [0.3, 0.4) is 0 Å². The molecule has 2 saturated heterocycles. The average Bonchev–Trinajstić information content (AvgIpc) is 4.11. The second-order valence-corrected chi connectivity index (χ2v) is 16.6. The number of oxime groups is 1. The molecule has 0 bridgehead atoms. The van der Waals surface area contributed by atoms with Gasteiger partial charge in [0.25, 0.3) is 0 Å². The molecule has 60 heavy (non-hydrogen) atoms. The summed E-state index contributed by atoms with van der Waals surface area (Å²) < 4.78 is 38.3. The lowest BCUT2D eigenvalue weighted by Crippen LogP contribution is -2.69. The van der Waals surface area contributed by atoms with Crippen LogP contribution in [0.1, 0.15) is 81.3 Å². The molecule has 1 saturated carbocycles. The fourth-order valence-electron chi connectivity index (χ4n) is 9.50. The molecule has 2 N–H and O–H groups in total. The Balaban J connectivity index is 1.28. The van der Waals surface area contributed by atoms with Crippen LogP contribution < -0.4 is 9.47 Å². The van der Waals surface area contributed by atoms with Gasteiger partial charge in [0.2, 0.25) is 12.1 Å². The fourth-order valence-corrected chi connectivity index (χ4v) is 9.50. The van der Waals surface area contributed by atoms with Crippen LogP contribution in [0.25, 0.3) is 0 Å². The Morgan fingerprint density at radius 3 is 2.60 bits per heavy atom. The number of likely N-dealkylation sites (N-methyl/N-ethyl adjacent to an activating group) is 1. The molecule has 2 aromatic rings. The highest BCUT2D eigenvalue weighted by atomic mass is 16.8. The zero-order chi connectivity index (χ0) is 41.7. The second kappa shape index (κ2) is 21.7. The van der Waals surface area contributed by atoms with Gasteiger partial charge in [0.15, 0.2) is 0 Å². The lowest BCUT2D eigenvalue weighted by atomic mass is 9.55. The largest absolute Gasteiger partial charge is 0.492 e. The molecule has 7 rings (SSSR count). The summed E-state index contributed by atoms with van der Waals surface area (Å²) in [7, 11) is 1.73. The van der Waals surface area contributed by atoms with E-state index in [1.165, 1.54) is 0 Å². The summed E-state index contributed by atoms with van der Waals surface area (Å²) >= 11 is 0. The first kappa shape index (κ1) is 44.1. The SMILES string of the molecule is C=CCOC12Oc3ccc(OCCN4CC4)cc3C3C(CCCCO)C(CCCCO)C=C(C(=NOC4CCCCO4)CC1N(C)C(=O)OCCOCc1ccccc1)C32. The maximum Gasteiger partial charge on any atom is 0.410 e. The average molecular weight is 832 g/mol. The number of aliphatic hydroxyl groups excluding tert-OH is 2. The predicted octanol–water partition coefficient (Wildman–Crippen LogP) is 6.83. The third-order valence-corrected chi connectivity index (χ3v) is 12.6. The monoisotopic (exact) mass is 831 g/mol. The van der Waals surface area contributed by atoms with Gasteiger partial charge < -0.3 is 48.4 Å². The molecule has 3 fully saturated rings. The van der Waals surface area contributed by atoms with Crippen molar-refractivity contribution >= 4 is 11.8 Å². The molecule has 5 aliphatic rings. The van der Waals surface area contributed by atoms with Crippen molar-refractivity contribution < 1.29 is 48.3 Å². The van der Waals surface area contributed by atoms with Gasteiger partial charge in [-0.15, -0.1) is 6.58 Å². The van der Waals surface area contributed by atoms with Crippen molar-refractivity contribution in [2.45, 2.75) is 94.9 Å². The van der Waals surface area contributed by atoms with E-state index in [9.17, 15) is 15.0 Å². The zero-order valence-corrected chi connectivity index (χ0v) is 35.3. The van der Waals surface area contributed by atoms with Crippen molar-refractivity contribution in [3.8, 4) is 11.5 Å². The van der Waals surface area contributed by atoms with Crippen LogP contribution in [-0.4, -0.2) is 123 Å². The number of rotatable bonds is 23. The van der Waals surface area contributed by atoms with Gasteiger partial charge in [-0.1, -0.05) is 60.5 Å². The first-order chi connectivity index (χ1) is 29.5. The van der Waals surface area contributed by atoms with Crippen LogP contribution in [0.4, 0.5) is 4.79 Å². The molecule has 3 aliphatic heterocycles. The van der Waals surface area contributed by atoms with Crippen LogP contribution in [-0.2, 0) is 30.4 Å². The Kier molecular flexibility index (Phi) is 15.9. The van der Waals surface area contributed by atoms with Crippen LogP contribution >= 0.6 is 0 Å². The van der Waals surface area contributed by atoms with Gasteiger partial charge in [-0.3, -0.25) is 4.90 Å². The Morgan fingerprint density at radius 1 is 1.03 bits per heavy atom. The van der Waals surface area contributed by atoms with Crippen molar-refractivity contribution in [3.63, 3.8) is 0 Å². The minimum absolute atomic E-state index is 0.0657. The summed E-state index contributed by atoms with van der Waals surface area (Å²) in [6.07, 6.45) is 10.8. The first-order valence-electron chi connectivity index (χ1n) is 22.2. The van der Waals surface area contributed by atoms with Crippen molar-refractivity contribution in [2.75, 3.05) is 72.9 Å². The van der Waals surface area contributed by atoms with Crippen molar-refractivity contribution in [1.82, 2.24) is 9.80 Å². The molecule has 3 heterocycles. The maximum atomic E-state index is 14.2. The molecule has 1 amide bonds. The quantitative estimate of drug-likeness (QED) is 0.0528. The van der Waals surface area contributed by atoms with Gasteiger partial charge in [0.1, 0.15) is 30.8 Å². The second-order valence-electron chi connectivity index (χ2n) is 16.6. The van der Waals surface area contributed by atoms with Gasteiger partial charge in [0, 0.05) is 64.2 Å². The van der Waals surface area contributed by atoms with Gasteiger partial charge in [-0.05, 0) is 79.7 Å². The normalized spacial score (nSPS) is 27.5. The molecule has 0 radical (unpaired) electrons. The minimum atomic E-state index is -1.37. The fraction of sp³-hybridized carbons (Fsp3) is 0.617. The number of unbranched alkanes of at least 4 members (excludes halogenated alkanes) is 2. The van der Waals surface area contributed by atoms with E-state index in [0.29, 0.717) is 44.1 Å². The smallest absolute Gasteiger partial charge is 0.410 e. The van der Waals surface area contributed by atoms with Crippen molar-refractivity contribution in [2.24, 2.45) is 22.9 Å². The molecule has 0 aromatic heterocycles. The molecule has 2 aromatic carbocycles. The number of nitrogens with zero attached hydrogens (tertiary/aromatic N) is 3. The Hall–Kier alpha value is -3.98. The molecule has 7 atom stereocenters. The minimum Gasteiger partial charge on any atom is -0.492 e. The number of ether oxygens (including phenoxy) is 6. The molecule has 2 aliphatic carbocycles.